The third-order valence-corrected chi connectivity index (χ3v) is 6.12. The van der Waals surface area contributed by atoms with Crippen molar-refractivity contribution >= 4 is 5.90 Å². The summed E-state index contributed by atoms with van der Waals surface area (Å²) in [6, 6.07) is 18.1. The number of ether oxygens (including phenoxy) is 3. The molecule has 31 heavy (non-hydrogen) atoms. The van der Waals surface area contributed by atoms with Crippen molar-refractivity contribution in [3.8, 4) is 24.0 Å². The van der Waals surface area contributed by atoms with Gasteiger partial charge >= 0.3 is 0 Å². The van der Waals surface area contributed by atoms with E-state index in [0.29, 0.717) is 11.3 Å². The van der Waals surface area contributed by atoms with Gasteiger partial charge in [0.25, 0.3) is 0 Å². The zero-order chi connectivity index (χ0) is 22.4. The molecule has 7 nitrogen and oxygen atoms in total. The molecule has 4 atom stereocenters. The molecule has 2 saturated heterocycles. The first-order valence-corrected chi connectivity index (χ1v) is 9.41. The number of nitrogens with zero attached hydrogens (tertiary/aromatic N) is 3. The first-order valence-electron chi connectivity index (χ1n) is 9.41. The van der Waals surface area contributed by atoms with Gasteiger partial charge in [-0.15, -0.1) is 0 Å². The lowest BCUT2D eigenvalue weighted by Gasteiger charge is -2.49. The van der Waals surface area contributed by atoms with E-state index in [9.17, 15) is 20.2 Å². The van der Waals surface area contributed by atoms with E-state index < -0.39 is 40.4 Å². The number of para-hydroxylation sites is 1. The van der Waals surface area contributed by atoms with Gasteiger partial charge in [-0.2, -0.15) is 15.8 Å². The van der Waals surface area contributed by atoms with Gasteiger partial charge < -0.3 is 14.2 Å². The second-order valence-electron chi connectivity index (χ2n) is 7.63. The number of nitriles is 3. The number of rotatable bonds is 3. The number of methoxy groups -OCH3 is 1. The molecule has 2 bridgehead atoms. The number of halogens is 1. The van der Waals surface area contributed by atoms with E-state index in [2.05, 4.69) is 6.07 Å². The largest absolute Gasteiger partial charge is 0.496 e. The Balaban J connectivity index is 2.06. The third kappa shape index (κ3) is 2.42. The Kier molecular flexibility index (Phi) is 4.47. The fraction of sp³-hybridized carbons (Fsp3) is 0.304. The second-order valence-corrected chi connectivity index (χ2v) is 7.63. The highest BCUT2D eigenvalue weighted by Crippen LogP contribution is 2.70. The molecule has 0 radical (unpaired) electrons. The van der Waals surface area contributed by atoms with E-state index in [-0.39, 0.29) is 5.56 Å². The SMILES string of the molecule is COc1ccccc1C1C2(C)OC(=N)C1(C#N)C(C#N)(C#N)C(c1cccc(F)c1)O2. The smallest absolute Gasteiger partial charge is 0.219 e. The summed E-state index contributed by atoms with van der Waals surface area (Å²) >= 11 is 0. The van der Waals surface area contributed by atoms with Crippen LogP contribution in [0.25, 0.3) is 0 Å². The molecule has 0 aliphatic carbocycles. The molecule has 8 heteroatoms. The van der Waals surface area contributed by atoms with Gasteiger partial charge in [-0.25, -0.2) is 4.39 Å². The predicted molar refractivity (Wildman–Crippen MR) is 105 cm³/mol. The Bertz CT molecular complexity index is 1200. The minimum atomic E-state index is -2.20. The zero-order valence-corrected chi connectivity index (χ0v) is 16.7. The topological polar surface area (TPSA) is 123 Å². The molecule has 2 aromatic carbocycles. The van der Waals surface area contributed by atoms with Crippen molar-refractivity contribution in [3.05, 3.63) is 65.5 Å². The number of benzene rings is 2. The Morgan fingerprint density at radius 1 is 1.06 bits per heavy atom. The summed E-state index contributed by atoms with van der Waals surface area (Å²) in [7, 11) is 1.45. The van der Waals surface area contributed by atoms with Crippen LogP contribution in [0.3, 0.4) is 0 Å². The summed E-state index contributed by atoms with van der Waals surface area (Å²) < 4.78 is 31.4. The fourth-order valence-electron chi connectivity index (χ4n) is 4.82. The number of hydrogen-bond donors (Lipinski definition) is 1. The molecule has 0 amide bonds. The molecular weight excluding hydrogens is 399 g/mol. The minimum absolute atomic E-state index is 0.200. The average Bonchev–Trinajstić information content (AvgIpc) is 2.96. The van der Waals surface area contributed by atoms with Crippen molar-refractivity contribution in [2.75, 3.05) is 7.11 Å². The normalized spacial score (nSPS) is 30.4. The molecule has 2 fully saturated rings. The lowest BCUT2D eigenvalue weighted by molar-refractivity contribution is -0.253. The summed E-state index contributed by atoms with van der Waals surface area (Å²) in [6.45, 7) is 1.54. The van der Waals surface area contributed by atoms with Crippen molar-refractivity contribution in [1.29, 1.82) is 21.2 Å². The second kappa shape index (κ2) is 6.80. The molecule has 2 heterocycles. The molecule has 154 valence electrons. The third-order valence-electron chi connectivity index (χ3n) is 6.12. The highest BCUT2D eigenvalue weighted by molar-refractivity contribution is 5.90. The van der Waals surface area contributed by atoms with E-state index >= 15 is 0 Å². The molecule has 2 aliphatic heterocycles. The van der Waals surface area contributed by atoms with Gasteiger partial charge in [-0.3, -0.25) is 5.41 Å². The monoisotopic (exact) mass is 416 g/mol. The predicted octanol–water partition coefficient (Wildman–Crippen LogP) is 3.96. The van der Waals surface area contributed by atoms with Crippen molar-refractivity contribution in [1.82, 2.24) is 0 Å². The number of hydrogen-bond acceptors (Lipinski definition) is 7. The first-order chi connectivity index (χ1) is 14.8. The Labute approximate surface area is 178 Å². The van der Waals surface area contributed by atoms with Crippen LogP contribution in [0.1, 0.15) is 30.1 Å². The molecule has 0 saturated carbocycles. The van der Waals surface area contributed by atoms with Crippen LogP contribution in [0, 0.1) is 56.0 Å². The Morgan fingerprint density at radius 2 is 1.77 bits per heavy atom. The highest BCUT2D eigenvalue weighted by Gasteiger charge is 2.80. The van der Waals surface area contributed by atoms with Crippen molar-refractivity contribution < 1.29 is 18.6 Å². The van der Waals surface area contributed by atoms with Gasteiger partial charge in [0.1, 0.15) is 17.7 Å². The molecule has 4 rings (SSSR count). The van der Waals surface area contributed by atoms with Crippen LogP contribution in [0.15, 0.2) is 48.5 Å². The fourth-order valence-corrected chi connectivity index (χ4v) is 4.82. The summed E-state index contributed by atoms with van der Waals surface area (Å²) in [6.07, 6.45) is -1.34. The lowest BCUT2D eigenvalue weighted by atomic mass is 9.52. The van der Waals surface area contributed by atoms with E-state index in [4.69, 9.17) is 19.6 Å². The van der Waals surface area contributed by atoms with Gasteiger partial charge in [0.15, 0.2) is 5.41 Å². The van der Waals surface area contributed by atoms with Crippen LogP contribution in [0.2, 0.25) is 0 Å². The van der Waals surface area contributed by atoms with Gasteiger partial charge in [-0.1, -0.05) is 30.3 Å². The van der Waals surface area contributed by atoms with Crippen LogP contribution in [0.5, 0.6) is 5.75 Å². The summed E-state index contributed by atoms with van der Waals surface area (Å²) in [4.78, 5) is 0. The first kappa shape index (κ1) is 20.3. The quantitative estimate of drug-likeness (QED) is 0.808. The maximum atomic E-state index is 14.0. The standard InChI is InChI=1S/C23H17FN4O3/c1-21-18(16-8-3-4-9-17(16)29-2)23(13-27,20(28)31-21)22(11-25,12-26)19(30-21)14-6-5-7-15(24)10-14/h3-10,18-19,28H,1-2H3. The minimum Gasteiger partial charge on any atom is -0.496 e. The average molecular weight is 416 g/mol. The molecule has 4 unspecified atom stereocenters. The van der Waals surface area contributed by atoms with Gasteiger partial charge in [0.2, 0.25) is 17.1 Å². The van der Waals surface area contributed by atoms with Crippen LogP contribution >= 0.6 is 0 Å². The Morgan fingerprint density at radius 3 is 2.39 bits per heavy atom. The molecular formula is C23H17FN4O3. The van der Waals surface area contributed by atoms with Crippen molar-refractivity contribution in [3.63, 3.8) is 0 Å². The van der Waals surface area contributed by atoms with Crippen LogP contribution in [-0.2, 0) is 9.47 Å². The maximum absolute atomic E-state index is 14.0. The van der Waals surface area contributed by atoms with E-state index in [1.807, 2.05) is 12.1 Å². The van der Waals surface area contributed by atoms with E-state index in [0.717, 1.165) is 6.07 Å². The van der Waals surface area contributed by atoms with Gasteiger partial charge in [0, 0.05) is 12.5 Å². The lowest BCUT2D eigenvalue weighted by Crippen LogP contribution is -2.57. The summed E-state index contributed by atoms with van der Waals surface area (Å²) in [5.41, 5.74) is -3.57. The molecule has 2 aliphatic rings. The summed E-state index contributed by atoms with van der Waals surface area (Å²) in [5.74, 6) is -3.35. The van der Waals surface area contributed by atoms with Crippen LogP contribution in [-0.4, -0.2) is 18.8 Å². The zero-order valence-electron chi connectivity index (χ0n) is 16.7. The van der Waals surface area contributed by atoms with Gasteiger partial charge in [-0.05, 0) is 23.8 Å². The molecule has 0 aromatic heterocycles. The molecule has 1 N–H and O–H groups in total. The number of nitrogens with one attached hydrogen (secondary N) is 1. The maximum Gasteiger partial charge on any atom is 0.219 e. The highest BCUT2D eigenvalue weighted by atomic mass is 19.1. The van der Waals surface area contributed by atoms with Crippen molar-refractivity contribution in [2.24, 2.45) is 10.8 Å². The van der Waals surface area contributed by atoms with Crippen LogP contribution in [0.4, 0.5) is 4.39 Å². The number of fused-ring (bicyclic) bond motifs is 2. The molecule has 0 spiro atoms. The van der Waals surface area contributed by atoms with Crippen molar-refractivity contribution in [2.45, 2.75) is 24.7 Å². The van der Waals surface area contributed by atoms with E-state index in [1.165, 1.54) is 25.3 Å². The summed E-state index contributed by atoms with van der Waals surface area (Å²) in [5, 5.41) is 39.5. The van der Waals surface area contributed by atoms with Crippen LogP contribution < -0.4 is 4.74 Å². The van der Waals surface area contributed by atoms with Gasteiger partial charge in [0.05, 0.1) is 31.2 Å². The molecule has 2 aromatic rings. The van der Waals surface area contributed by atoms with E-state index in [1.54, 1.807) is 31.2 Å². The Hall–Kier alpha value is -3.93.